The molecule has 0 bridgehead atoms. The quantitative estimate of drug-likeness (QED) is 0.930. The molecular formula is C15H16FN3O. The molecule has 1 unspecified atom stereocenters. The van der Waals surface area contributed by atoms with E-state index in [2.05, 4.69) is 15.2 Å². The molecule has 0 radical (unpaired) electrons. The van der Waals surface area contributed by atoms with E-state index in [9.17, 15) is 4.39 Å². The molecular weight excluding hydrogens is 257 g/mol. The minimum Gasteiger partial charge on any atom is -0.486 e. The van der Waals surface area contributed by atoms with Crippen LogP contribution < -0.4 is 4.74 Å². The monoisotopic (exact) mass is 273 g/mol. The fraction of sp³-hybridized carbons (Fsp3) is 0.467. The number of aromatic nitrogens is 3. The normalized spacial score (nSPS) is 22.6. The van der Waals surface area contributed by atoms with Crippen molar-refractivity contribution < 1.29 is 9.13 Å². The van der Waals surface area contributed by atoms with Crippen LogP contribution in [0.15, 0.2) is 24.3 Å². The van der Waals surface area contributed by atoms with E-state index < -0.39 is 0 Å². The zero-order chi connectivity index (χ0) is 13.6. The first kappa shape index (κ1) is 11.9. The number of rotatable bonds is 4. The minimum atomic E-state index is -0.300. The molecule has 0 amide bonds. The molecule has 2 fully saturated rings. The molecule has 1 spiro atoms. The molecule has 104 valence electrons. The maximum Gasteiger partial charge on any atom is 0.162 e. The van der Waals surface area contributed by atoms with E-state index in [1.165, 1.54) is 37.8 Å². The second kappa shape index (κ2) is 4.30. The summed E-state index contributed by atoms with van der Waals surface area (Å²) in [5.41, 5.74) is 0.531. The lowest BCUT2D eigenvalue weighted by molar-refractivity contribution is 0.275. The van der Waals surface area contributed by atoms with Crippen LogP contribution in [0.25, 0.3) is 0 Å². The van der Waals surface area contributed by atoms with E-state index in [0.717, 1.165) is 5.82 Å². The number of nitrogens with one attached hydrogen (secondary N) is 1. The molecule has 2 aliphatic rings. The van der Waals surface area contributed by atoms with Crippen molar-refractivity contribution in [2.75, 3.05) is 0 Å². The molecule has 0 aliphatic heterocycles. The van der Waals surface area contributed by atoms with Crippen molar-refractivity contribution in [2.24, 2.45) is 5.41 Å². The van der Waals surface area contributed by atoms with Crippen LogP contribution in [0.1, 0.15) is 43.3 Å². The van der Waals surface area contributed by atoms with Gasteiger partial charge in [0.05, 0.1) is 0 Å². The lowest BCUT2D eigenvalue weighted by Crippen LogP contribution is -2.14. The van der Waals surface area contributed by atoms with Crippen molar-refractivity contribution in [1.82, 2.24) is 15.2 Å². The number of aromatic amines is 1. The van der Waals surface area contributed by atoms with Crippen molar-refractivity contribution in [3.63, 3.8) is 0 Å². The van der Waals surface area contributed by atoms with Gasteiger partial charge in [0.2, 0.25) is 0 Å². The topological polar surface area (TPSA) is 50.8 Å². The first-order valence-corrected chi connectivity index (χ1v) is 7.05. The van der Waals surface area contributed by atoms with E-state index in [1.807, 2.05) is 0 Å². The Morgan fingerprint density at radius 1 is 1.40 bits per heavy atom. The van der Waals surface area contributed by atoms with Crippen LogP contribution in [0.2, 0.25) is 0 Å². The number of halogens is 1. The highest BCUT2D eigenvalue weighted by Gasteiger charge is 2.59. The van der Waals surface area contributed by atoms with Crippen LogP contribution in [-0.2, 0) is 6.61 Å². The first-order chi connectivity index (χ1) is 9.75. The van der Waals surface area contributed by atoms with Crippen molar-refractivity contribution in [3.05, 3.63) is 41.7 Å². The van der Waals surface area contributed by atoms with Crippen molar-refractivity contribution >= 4 is 0 Å². The molecule has 1 N–H and O–H groups in total. The van der Waals surface area contributed by atoms with Gasteiger partial charge in [-0.3, -0.25) is 5.10 Å². The molecule has 2 saturated carbocycles. The summed E-state index contributed by atoms with van der Waals surface area (Å²) in [5.74, 6) is 2.36. The van der Waals surface area contributed by atoms with Crippen LogP contribution in [0, 0.1) is 11.2 Å². The van der Waals surface area contributed by atoms with Gasteiger partial charge >= 0.3 is 0 Å². The maximum absolute atomic E-state index is 13.0. The number of hydrogen-bond donors (Lipinski definition) is 1. The minimum absolute atomic E-state index is 0.288. The van der Waals surface area contributed by atoms with Gasteiger partial charge in [0.15, 0.2) is 11.6 Å². The van der Waals surface area contributed by atoms with Crippen molar-refractivity contribution in [1.29, 1.82) is 0 Å². The van der Waals surface area contributed by atoms with Crippen LogP contribution in [0.3, 0.4) is 0 Å². The summed E-state index contributed by atoms with van der Waals surface area (Å²) in [5, 5.41) is 7.21. The standard InChI is InChI=1S/C15H16FN3O/c16-10-3-1-4-11(7-10)20-9-13-17-14(19-18-13)12-8-15(12)5-2-6-15/h1,3-4,7,12H,2,5-6,8-9H2,(H,17,18,19). The summed E-state index contributed by atoms with van der Waals surface area (Å²) in [6, 6.07) is 6.11. The molecule has 2 aromatic rings. The van der Waals surface area contributed by atoms with E-state index in [1.54, 1.807) is 12.1 Å². The zero-order valence-electron chi connectivity index (χ0n) is 11.1. The highest BCUT2D eigenvalue weighted by Crippen LogP contribution is 2.69. The third-order valence-electron chi connectivity index (χ3n) is 4.57. The molecule has 1 atom stereocenters. The molecule has 4 rings (SSSR count). The summed E-state index contributed by atoms with van der Waals surface area (Å²) < 4.78 is 18.5. The Bertz CT molecular complexity index is 636. The van der Waals surface area contributed by atoms with Gasteiger partial charge < -0.3 is 4.74 Å². The SMILES string of the molecule is Fc1cccc(OCc2nc(C3CC34CCC4)n[nH]2)c1. The van der Waals surface area contributed by atoms with Crippen LogP contribution in [-0.4, -0.2) is 15.2 Å². The second-order valence-corrected chi connectivity index (χ2v) is 5.86. The van der Waals surface area contributed by atoms with E-state index in [0.29, 0.717) is 22.9 Å². The summed E-state index contributed by atoms with van der Waals surface area (Å²) in [6.07, 6.45) is 5.22. The van der Waals surface area contributed by atoms with Crippen molar-refractivity contribution in [2.45, 2.75) is 38.2 Å². The van der Waals surface area contributed by atoms with Gasteiger partial charge in [-0.25, -0.2) is 9.37 Å². The predicted molar refractivity (Wildman–Crippen MR) is 70.8 cm³/mol. The number of ether oxygens (including phenoxy) is 1. The molecule has 4 nitrogen and oxygen atoms in total. The molecule has 20 heavy (non-hydrogen) atoms. The summed E-state index contributed by atoms with van der Waals surface area (Å²) >= 11 is 0. The third-order valence-corrected chi connectivity index (χ3v) is 4.57. The molecule has 1 heterocycles. The second-order valence-electron chi connectivity index (χ2n) is 5.86. The molecule has 0 saturated heterocycles. The van der Waals surface area contributed by atoms with E-state index in [4.69, 9.17) is 4.74 Å². The van der Waals surface area contributed by atoms with Gasteiger partial charge in [0.25, 0.3) is 0 Å². The Kier molecular flexibility index (Phi) is 2.55. The predicted octanol–water partition coefficient (Wildman–Crippen LogP) is 3.18. The smallest absolute Gasteiger partial charge is 0.162 e. The molecule has 2 aliphatic carbocycles. The average molecular weight is 273 g/mol. The largest absolute Gasteiger partial charge is 0.486 e. The summed E-state index contributed by atoms with van der Waals surface area (Å²) in [6.45, 7) is 0.288. The van der Waals surface area contributed by atoms with E-state index in [-0.39, 0.29) is 12.4 Å². The van der Waals surface area contributed by atoms with Crippen LogP contribution >= 0.6 is 0 Å². The highest BCUT2D eigenvalue weighted by molar-refractivity contribution is 5.23. The van der Waals surface area contributed by atoms with Gasteiger partial charge in [0, 0.05) is 12.0 Å². The third kappa shape index (κ3) is 1.97. The lowest BCUT2D eigenvalue weighted by Gasteiger charge is -2.25. The first-order valence-electron chi connectivity index (χ1n) is 7.05. The Labute approximate surface area is 116 Å². The number of H-pyrrole nitrogens is 1. The number of nitrogens with zero attached hydrogens (tertiary/aromatic N) is 2. The van der Waals surface area contributed by atoms with Gasteiger partial charge in [-0.2, -0.15) is 5.10 Å². The molecule has 1 aromatic heterocycles. The lowest BCUT2D eigenvalue weighted by atomic mass is 9.80. The van der Waals surface area contributed by atoms with Gasteiger partial charge in [-0.15, -0.1) is 0 Å². The maximum atomic E-state index is 13.0. The average Bonchev–Trinajstić information content (AvgIpc) is 3.01. The van der Waals surface area contributed by atoms with Crippen LogP contribution in [0.4, 0.5) is 4.39 Å². The Morgan fingerprint density at radius 3 is 3.00 bits per heavy atom. The number of benzene rings is 1. The fourth-order valence-corrected chi connectivity index (χ4v) is 3.14. The Morgan fingerprint density at radius 2 is 2.30 bits per heavy atom. The fourth-order valence-electron chi connectivity index (χ4n) is 3.14. The Hall–Kier alpha value is -1.91. The molecule has 5 heteroatoms. The van der Waals surface area contributed by atoms with Gasteiger partial charge in [-0.05, 0) is 36.8 Å². The van der Waals surface area contributed by atoms with Gasteiger partial charge in [-0.1, -0.05) is 12.5 Å². The highest BCUT2D eigenvalue weighted by atomic mass is 19.1. The number of hydrogen-bond acceptors (Lipinski definition) is 3. The summed E-state index contributed by atoms with van der Waals surface area (Å²) in [7, 11) is 0. The van der Waals surface area contributed by atoms with Gasteiger partial charge in [0.1, 0.15) is 18.2 Å². The Balaban J connectivity index is 1.39. The zero-order valence-corrected chi connectivity index (χ0v) is 11.1. The summed E-state index contributed by atoms with van der Waals surface area (Å²) in [4.78, 5) is 4.50. The van der Waals surface area contributed by atoms with Crippen molar-refractivity contribution in [3.8, 4) is 5.75 Å². The molecule has 1 aromatic carbocycles. The van der Waals surface area contributed by atoms with Crippen LogP contribution in [0.5, 0.6) is 5.75 Å². The van der Waals surface area contributed by atoms with E-state index >= 15 is 0 Å².